The van der Waals surface area contributed by atoms with E-state index in [1.807, 2.05) is 12.1 Å². The molecule has 7 heteroatoms. The van der Waals surface area contributed by atoms with E-state index in [0.717, 1.165) is 29.4 Å². The minimum absolute atomic E-state index is 0.0666. The van der Waals surface area contributed by atoms with Crippen LogP contribution in [0.1, 0.15) is 74.2 Å². The topological polar surface area (TPSA) is 69.8 Å². The summed E-state index contributed by atoms with van der Waals surface area (Å²) in [6.07, 6.45) is 13.4. The van der Waals surface area contributed by atoms with Gasteiger partial charge in [0.25, 0.3) is 5.56 Å². The molecule has 2 N–H and O–H groups in total. The molecule has 3 aromatic rings. The van der Waals surface area contributed by atoms with Gasteiger partial charge in [0.15, 0.2) is 0 Å². The summed E-state index contributed by atoms with van der Waals surface area (Å²) in [4.78, 5) is 20.0. The summed E-state index contributed by atoms with van der Waals surface area (Å²) in [7, 11) is 0. The van der Waals surface area contributed by atoms with Crippen molar-refractivity contribution in [2.75, 3.05) is 49.5 Å². The molecule has 0 radical (unpaired) electrons. The largest absolute Gasteiger partial charge is 0.456 e. The third kappa shape index (κ3) is 6.09. The predicted octanol–water partition coefficient (Wildman–Crippen LogP) is 6.50. The second kappa shape index (κ2) is 12.5. The first-order valence-electron chi connectivity index (χ1n) is 16.2. The highest BCUT2D eigenvalue weighted by Gasteiger charge is 2.29. The summed E-state index contributed by atoms with van der Waals surface area (Å²) in [5, 5.41) is 3.83. The van der Waals surface area contributed by atoms with E-state index in [1.54, 1.807) is 6.20 Å². The van der Waals surface area contributed by atoms with Gasteiger partial charge in [0.1, 0.15) is 23.3 Å². The van der Waals surface area contributed by atoms with E-state index in [2.05, 4.69) is 56.5 Å². The molecule has 4 aliphatic rings. The predicted molar refractivity (Wildman–Crippen MR) is 168 cm³/mol. The molecule has 0 amide bonds. The maximum Gasteiger partial charge on any atom is 0.271 e. The van der Waals surface area contributed by atoms with Gasteiger partial charge < -0.3 is 29.6 Å². The van der Waals surface area contributed by atoms with E-state index in [-0.39, 0.29) is 11.7 Å². The summed E-state index contributed by atoms with van der Waals surface area (Å²) >= 11 is 0. The number of piperidine rings is 1. The Morgan fingerprint density at radius 1 is 0.929 bits per heavy atom. The van der Waals surface area contributed by atoms with Crippen molar-refractivity contribution < 1.29 is 9.47 Å². The van der Waals surface area contributed by atoms with Gasteiger partial charge in [0.2, 0.25) is 0 Å². The van der Waals surface area contributed by atoms with Gasteiger partial charge in [0, 0.05) is 61.7 Å². The summed E-state index contributed by atoms with van der Waals surface area (Å²) < 4.78 is 12.8. The van der Waals surface area contributed by atoms with Gasteiger partial charge in [-0.3, -0.25) is 4.79 Å². The fraction of sp³-hybridized carbons (Fsp3) is 0.514. The molecule has 2 aromatic carbocycles. The fourth-order valence-electron chi connectivity index (χ4n) is 7.44. The van der Waals surface area contributed by atoms with Crippen molar-refractivity contribution >= 4 is 11.4 Å². The fourth-order valence-corrected chi connectivity index (χ4v) is 7.44. The van der Waals surface area contributed by atoms with Crippen molar-refractivity contribution in [3.05, 3.63) is 81.8 Å². The number of para-hydroxylation sites is 1. The number of likely N-dealkylation sites (tertiary alicyclic amines) is 1. The number of pyridine rings is 1. The quantitative estimate of drug-likeness (QED) is 0.265. The number of nitrogens with one attached hydrogen (secondary N) is 2. The summed E-state index contributed by atoms with van der Waals surface area (Å²) in [6.45, 7) is 5.55. The van der Waals surface area contributed by atoms with Crippen molar-refractivity contribution in [3.8, 4) is 11.5 Å². The van der Waals surface area contributed by atoms with Crippen LogP contribution >= 0.6 is 0 Å². The minimum atomic E-state index is -0.163. The summed E-state index contributed by atoms with van der Waals surface area (Å²) in [5.74, 6) is 2.80. The number of anilines is 2. The highest BCUT2D eigenvalue weighted by atomic mass is 16.5. The Bertz CT molecular complexity index is 1420. The lowest BCUT2D eigenvalue weighted by Crippen LogP contribution is -2.41. The van der Waals surface area contributed by atoms with Crippen LogP contribution in [0, 0.1) is 5.92 Å². The Morgan fingerprint density at radius 2 is 1.81 bits per heavy atom. The lowest BCUT2D eigenvalue weighted by Gasteiger charge is -2.35. The molecule has 2 saturated heterocycles. The summed E-state index contributed by atoms with van der Waals surface area (Å²) in [6, 6.07) is 17.2. The first-order chi connectivity index (χ1) is 20.7. The van der Waals surface area contributed by atoms with E-state index in [9.17, 15) is 4.79 Å². The van der Waals surface area contributed by atoms with E-state index in [1.165, 1.54) is 87.8 Å². The average Bonchev–Trinajstić information content (AvgIpc) is 3.04. The zero-order chi connectivity index (χ0) is 28.3. The molecule has 1 saturated carbocycles. The van der Waals surface area contributed by atoms with Crippen molar-refractivity contribution in [1.82, 2.24) is 9.88 Å². The smallest absolute Gasteiger partial charge is 0.271 e. The van der Waals surface area contributed by atoms with Gasteiger partial charge >= 0.3 is 0 Å². The first kappa shape index (κ1) is 27.5. The van der Waals surface area contributed by atoms with Crippen LogP contribution in [-0.4, -0.2) is 55.3 Å². The number of nitrogens with zero attached hydrogens (tertiary/aromatic N) is 2. The Labute approximate surface area is 249 Å². The van der Waals surface area contributed by atoms with Gasteiger partial charge in [-0.25, -0.2) is 0 Å². The number of fused-ring (bicyclic) bond motifs is 2. The molecular weight excluding hydrogens is 524 g/mol. The van der Waals surface area contributed by atoms with Gasteiger partial charge in [-0.15, -0.1) is 0 Å². The normalized spacial score (nSPS) is 21.8. The van der Waals surface area contributed by atoms with E-state index in [4.69, 9.17) is 9.47 Å². The molecule has 7 rings (SSSR count). The molecule has 42 heavy (non-hydrogen) atoms. The molecule has 1 aliphatic carbocycles. The van der Waals surface area contributed by atoms with Crippen molar-refractivity contribution in [1.29, 1.82) is 0 Å². The van der Waals surface area contributed by atoms with Crippen LogP contribution in [0.25, 0.3) is 0 Å². The van der Waals surface area contributed by atoms with Gasteiger partial charge in [-0.2, -0.15) is 0 Å². The molecular formula is C35H44N4O3. The number of H-pyrrole nitrogens is 1. The van der Waals surface area contributed by atoms with E-state index in [0.29, 0.717) is 31.4 Å². The molecule has 0 bridgehead atoms. The van der Waals surface area contributed by atoms with Crippen LogP contribution in [-0.2, 0) is 11.2 Å². The number of rotatable bonds is 7. The van der Waals surface area contributed by atoms with Crippen molar-refractivity contribution in [2.24, 2.45) is 5.92 Å². The maximum atomic E-state index is 12.4. The summed E-state index contributed by atoms with van der Waals surface area (Å²) in [5.41, 5.74) is 5.26. The van der Waals surface area contributed by atoms with E-state index < -0.39 is 0 Å². The van der Waals surface area contributed by atoms with Crippen LogP contribution in [0.5, 0.6) is 11.5 Å². The third-order valence-corrected chi connectivity index (χ3v) is 9.87. The second-order valence-corrected chi connectivity index (χ2v) is 12.7. The Kier molecular flexibility index (Phi) is 8.21. The van der Waals surface area contributed by atoms with Crippen molar-refractivity contribution in [3.63, 3.8) is 0 Å². The average molecular weight is 569 g/mol. The zero-order valence-corrected chi connectivity index (χ0v) is 24.7. The molecule has 1 atom stereocenters. The van der Waals surface area contributed by atoms with Crippen LogP contribution in [0.2, 0.25) is 0 Å². The standard InChI is InChI=1S/C35H44N4O3/c40-35-31(10-5-16-36-35)39-20-21-41-33(24-39)30-9-4-8-26-22-27-23-29(11-12-32(27)42-34(26)30)37-28-14-18-38(19-15-28)17-13-25-6-2-1-3-7-25/h4-5,8-12,16,23,25,28,33,37H,1-3,6-7,13-15,17-22,24H2,(H,36,40). The Morgan fingerprint density at radius 3 is 2.67 bits per heavy atom. The number of benzene rings is 2. The highest BCUT2D eigenvalue weighted by molar-refractivity contribution is 5.59. The Balaban J connectivity index is 0.972. The van der Waals surface area contributed by atoms with Crippen LogP contribution in [0.15, 0.2) is 59.5 Å². The molecule has 1 unspecified atom stereocenters. The van der Waals surface area contributed by atoms with Gasteiger partial charge in [-0.1, -0.05) is 50.3 Å². The van der Waals surface area contributed by atoms with Crippen molar-refractivity contribution in [2.45, 2.75) is 69.9 Å². The second-order valence-electron chi connectivity index (χ2n) is 12.7. The third-order valence-electron chi connectivity index (χ3n) is 9.87. The Hall–Kier alpha value is -3.29. The van der Waals surface area contributed by atoms with Crippen LogP contribution < -0.4 is 20.5 Å². The monoisotopic (exact) mass is 568 g/mol. The van der Waals surface area contributed by atoms with E-state index >= 15 is 0 Å². The molecule has 0 spiro atoms. The minimum Gasteiger partial charge on any atom is -0.456 e. The lowest BCUT2D eigenvalue weighted by atomic mass is 9.87. The molecule has 3 aliphatic heterocycles. The number of morpholine rings is 1. The molecule has 4 heterocycles. The lowest BCUT2D eigenvalue weighted by molar-refractivity contribution is 0.0383. The maximum absolute atomic E-state index is 12.4. The molecule has 222 valence electrons. The number of hydrogen-bond donors (Lipinski definition) is 2. The van der Waals surface area contributed by atoms with Gasteiger partial charge in [0.05, 0.1) is 6.61 Å². The highest BCUT2D eigenvalue weighted by Crippen LogP contribution is 2.43. The molecule has 7 nitrogen and oxygen atoms in total. The number of aromatic nitrogens is 1. The van der Waals surface area contributed by atoms with Gasteiger partial charge in [-0.05, 0) is 67.6 Å². The molecule has 1 aromatic heterocycles. The zero-order valence-electron chi connectivity index (χ0n) is 24.7. The molecule has 3 fully saturated rings. The SMILES string of the molecule is O=c1[nH]cccc1N1CCOC(c2cccc3c2Oc2ccc(NC4CCN(CCC5CCCCC5)CC4)cc2C3)C1. The number of hydrogen-bond acceptors (Lipinski definition) is 6. The number of ether oxygens (including phenoxy) is 2. The van der Waals surface area contributed by atoms with Crippen LogP contribution in [0.4, 0.5) is 11.4 Å². The first-order valence-corrected chi connectivity index (χ1v) is 16.2. The number of aromatic amines is 1. The van der Waals surface area contributed by atoms with Crippen LogP contribution in [0.3, 0.4) is 0 Å².